The molecule has 7 heteroatoms. The van der Waals surface area contributed by atoms with Crippen LogP contribution in [0, 0.1) is 6.92 Å². The maximum Gasteiger partial charge on any atom is 0.227 e. The normalized spacial score (nSPS) is 10.4. The fourth-order valence-electron chi connectivity index (χ4n) is 2.31. The van der Waals surface area contributed by atoms with Gasteiger partial charge in [-0.1, -0.05) is 0 Å². The van der Waals surface area contributed by atoms with Gasteiger partial charge in [-0.05, 0) is 36.8 Å². The largest absolute Gasteiger partial charge is 0.388 e. The average molecular weight is 339 g/mol. The number of aromatic nitrogens is 3. The molecule has 6 nitrogen and oxygen atoms in total. The number of hydrogen-bond donors (Lipinski definition) is 2. The summed E-state index contributed by atoms with van der Waals surface area (Å²) in [5.41, 5.74) is 3.47. The smallest absolute Gasteiger partial charge is 0.227 e. The number of rotatable bonds is 6. The molecular formula is C17H17N5OS. The van der Waals surface area contributed by atoms with Crippen molar-refractivity contribution in [3.8, 4) is 10.7 Å². The Kier molecular flexibility index (Phi) is 4.81. The SMILES string of the molecule is CNc1ccc(Nc2nccc(-c3ncc(C)s3)n2)cc1CC=O. The van der Waals surface area contributed by atoms with Crippen molar-refractivity contribution in [2.45, 2.75) is 13.3 Å². The van der Waals surface area contributed by atoms with Crippen LogP contribution in [0.4, 0.5) is 17.3 Å². The lowest BCUT2D eigenvalue weighted by molar-refractivity contribution is -0.107. The van der Waals surface area contributed by atoms with Gasteiger partial charge in [0, 0.05) is 42.1 Å². The molecule has 122 valence electrons. The molecule has 0 aliphatic rings. The molecule has 0 aliphatic heterocycles. The van der Waals surface area contributed by atoms with Crippen LogP contribution in [-0.4, -0.2) is 28.3 Å². The highest BCUT2D eigenvalue weighted by molar-refractivity contribution is 7.14. The Balaban J connectivity index is 1.86. The van der Waals surface area contributed by atoms with Crippen molar-refractivity contribution in [3.63, 3.8) is 0 Å². The van der Waals surface area contributed by atoms with Gasteiger partial charge in [-0.3, -0.25) is 0 Å². The summed E-state index contributed by atoms with van der Waals surface area (Å²) in [6, 6.07) is 7.61. The summed E-state index contributed by atoms with van der Waals surface area (Å²) in [5, 5.41) is 7.13. The van der Waals surface area contributed by atoms with Gasteiger partial charge in [-0.2, -0.15) is 0 Å². The minimum absolute atomic E-state index is 0.352. The lowest BCUT2D eigenvalue weighted by atomic mass is 10.1. The number of thiazole rings is 1. The van der Waals surface area contributed by atoms with E-state index in [2.05, 4.69) is 25.6 Å². The van der Waals surface area contributed by atoms with E-state index in [4.69, 9.17) is 0 Å². The van der Waals surface area contributed by atoms with Crippen LogP contribution in [0.2, 0.25) is 0 Å². The van der Waals surface area contributed by atoms with Gasteiger partial charge in [0.05, 0.1) is 0 Å². The first-order chi connectivity index (χ1) is 11.7. The maximum atomic E-state index is 10.8. The Morgan fingerprint density at radius 2 is 2.12 bits per heavy atom. The summed E-state index contributed by atoms with van der Waals surface area (Å²) < 4.78 is 0. The summed E-state index contributed by atoms with van der Waals surface area (Å²) >= 11 is 1.59. The minimum atomic E-state index is 0.352. The van der Waals surface area contributed by atoms with Gasteiger partial charge < -0.3 is 15.4 Å². The van der Waals surface area contributed by atoms with E-state index in [-0.39, 0.29) is 0 Å². The predicted octanol–water partition coefficient (Wildman–Crippen LogP) is 3.44. The van der Waals surface area contributed by atoms with E-state index in [0.29, 0.717) is 12.4 Å². The van der Waals surface area contributed by atoms with E-state index in [9.17, 15) is 4.79 Å². The lowest BCUT2D eigenvalue weighted by Gasteiger charge is -2.11. The number of hydrogen-bond acceptors (Lipinski definition) is 7. The zero-order chi connectivity index (χ0) is 16.9. The Morgan fingerprint density at radius 3 is 2.83 bits per heavy atom. The van der Waals surface area contributed by atoms with Crippen LogP contribution in [0.1, 0.15) is 10.4 Å². The second kappa shape index (κ2) is 7.18. The molecule has 2 N–H and O–H groups in total. The average Bonchev–Trinajstić information content (AvgIpc) is 3.02. The van der Waals surface area contributed by atoms with Gasteiger partial charge in [0.2, 0.25) is 5.95 Å². The molecule has 0 aliphatic carbocycles. The van der Waals surface area contributed by atoms with Crippen LogP contribution < -0.4 is 10.6 Å². The van der Waals surface area contributed by atoms with Gasteiger partial charge in [0.25, 0.3) is 0 Å². The minimum Gasteiger partial charge on any atom is -0.388 e. The number of benzene rings is 1. The van der Waals surface area contributed by atoms with E-state index in [1.54, 1.807) is 17.5 Å². The summed E-state index contributed by atoms with van der Waals surface area (Å²) in [5.74, 6) is 0.495. The fraction of sp³-hybridized carbons (Fsp3) is 0.176. The van der Waals surface area contributed by atoms with E-state index in [0.717, 1.165) is 38.8 Å². The molecule has 0 saturated heterocycles. The number of carbonyl (C=O) groups is 1. The molecule has 24 heavy (non-hydrogen) atoms. The Hall–Kier alpha value is -2.80. The molecule has 1 aromatic carbocycles. The first kappa shape index (κ1) is 16.1. The first-order valence-corrected chi connectivity index (χ1v) is 8.28. The third-order valence-corrected chi connectivity index (χ3v) is 4.37. The molecule has 3 aromatic rings. The van der Waals surface area contributed by atoms with Crippen LogP contribution >= 0.6 is 11.3 Å². The summed E-state index contributed by atoms with van der Waals surface area (Å²) in [6.07, 6.45) is 4.78. The Labute approximate surface area is 144 Å². The van der Waals surface area contributed by atoms with Crippen LogP contribution in [-0.2, 0) is 11.2 Å². The maximum absolute atomic E-state index is 10.8. The van der Waals surface area contributed by atoms with Gasteiger partial charge in [-0.15, -0.1) is 11.3 Å². The highest BCUT2D eigenvalue weighted by Crippen LogP contribution is 2.25. The van der Waals surface area contributed by atoms with Gasteiger partial charge >= 0.3 is 0 Å². The van der Waals surface area contributed by atoms with E-state index in [1.165, 1.54) is 0 Å². The monoisotopic (exact) mass is 339 g/mol. The zero-order valence-electron chi connectivity index (χ0n) is 13.4. The molecule has 0 bridgehead atoms. The van der Waals surface area contributed by atoms with Crippen molar-refractivity contribution in [1.29, 1.82) is 0 Å². The Bertz CT molecular complexity index is 862. The first-order valence-electron chi connectivity index (χ1n) is 7.47. The molecule has 0 atom stereocenters. The quantitative estimate of drug-likeness (QED) is 0.670. The topological polar surface area (TPSA) is 79.8 Å². The molecule has 2 heterocycles. The molecule has 2 aromatic heterocycles. The van der Waals surface area contributed by atoms with Gasteiger partial charge in [0.1, 0.15) is 17.0 Å². The number of aldehydes is 1. The highest BCUT2D eigenvalue weighted by atomic mass is 32.1. The molecule has 0 amide bonds. The summed E-state index contributed by atoms with van der Waals surface area (Å²) in [7, 11) is 1.83. The zero-order valence-corrected chi connectivity index (χ0v) is 14.2. The van der Waals surface area contributed by atoms with E-state index < -0.39 is 0 Å². The molecule has 3 rings (SSSR count). The Morgan fingerprint density at radius 1 is 1.25 bits per heavy atom. The van der Waals surface area contributed by atoms with Crippen molar-refractivity contribution in [3.05, 3.63) is 47.1 Å². The molecule has 0 spiro atoms. The number of aryl methyl sites for hydroxylation is 1. The van der Waals surface area contributed by atoms with Crippen LogP contribution in [0.3, 0.4) is 0 Å². The molecule has 0 radical (unpaired) electrons. The van der Waals surface area contributed by atoms with Crippen molar-refractivity contribution < 1.29 is 4.79 Å². The third kappa shape index (κ3) is 3.57. The summed E-state index contributed by atoms with van der Waals surface area (Å²) in [4.78, 5) is 25.1. The van der Waals surface area contributed by atoms with Gasteiger partial charge in [-0.25, -0.2) is 15.0 Å². The fourth-order valence-corrected chi connectivity index (χ4v) is 3.05. The van der Waals surface area contributed by atoms with Crippen molar-refractivity contribution >= 4 is 34.9 Å². The molecular weight excluding hydrogens is 322 g/mol. The standard InChI is InChI=1S/C17H17N5OS/c1-11-10-20-16(24-11)15-5-7-19-17(22-15)21-13-3-4-14(18-2)12(9-13)6-8-23/h3-5,7-10,18H,6H2,1-2H3,(H,19,21,22). The lowest BCUT2D eigenvalue weighted by Crippen LogP contribution is -2.01. The van der Waals surface area contributed by atoms with E-state index in [1.807, 2.05) is 44.4 Å². The molecule has 0 saturated carbocycles. The second-order valence-corrected chi connectivity index (χ2v) is 6.39. The van der Waals surface area contributed by atoms with Crippen LogP contribution in [0.25, 0.3) is 10.7 Å². The number of nitrogens with zero attached hydrogens (tertiary/aromatic N) is 3. The van der Waals surface area contributed by atoms with Gasteiger partial charge in [0.15, 0.2) is 0 Å². The summed E-state index contributed by atoms with van der Waals surface area (Å²) in [6.45, 7) is 2.01. The number of nitrogens with one attached hydrogen (secondary N) is 2. The highest BCUT2D eigenvalue weighted by Gasteiger charge is 2.08. The molecule has 0 fully saturated rings. The third-order valence-electron chi connectivity index (χ3n) is 3.43. The number of anilines is 3. The number of carbonyl (C=O) groups excluding carboxylic acids is 1. The van der Waals surface area contributed by atoms with Crippen molar-refractivity contribution in [2.75, 3.05) is 17.7 Å². The molecule has 0 unspecified atom stereocenters. The van der Waals surface area contributed by atoms with Crippen molar-refractivity contribution in [1.82, 2.24) is 15.0 Å². The van der Waals surface area contributed by atoms with Crippen LogP contribution in [0.5, 0.6) is 0 Å². The predicted molar refractivity (Wildman–Crippen MR) is 96.9 cm³/mol. The second-order valence-electron chi connectivity index (χ2n) is 5.16. The van der Waals surface area contributed by atoms with E-state index >= 15 is 0 Å². The van der Waals surface area contributed by atoms with Crippen LogP contribution in [0.15, 0.2) is 36.7 Å². The van der Waals surface area contributed by atoms with Crippen molar-refractivity contribution in [2.24, 2.45) is 0 Å².